The van der Waals surface area contributed by atoms with Gasteiger partial charge in [0.1, 0.15) is 11.8 Å². The lowest BCUT2D eigenvalue weighted by Gasteiger charge is -2.33. The quantitative estimate of drug-likeness (QED) is 0.751. The third kappa shape index (κ3) is 3.40. The number of carbonyl (C=O) groups excluding carboxylic acids is 1. The van der Waals surface area contributed by atoms with E-state index in [0.717, 1.165) is 30.4 Å². The maximum atomic E-state index is 12.6. The van der Waals surface area contributed by atoms with E-state index in [1.165, 1.54) is 5.57 Å². The Bertz CT molecular complexity index is 806. The number of aromatic nitrogens is 1. The van der Waals surface area contributed by atoms with E-state index < -0.39 is 0 Å². The van der Waals surface area contributed by atoms with Crippen molar-refractivity contribution in [2.75, 3.05) is 0 Å². The van der Waals surface area contributed by atoms with Crippen molar-refractivity contribution < 1.29 is 9.53 Å². The molecule has 2 aliphatic rings. The van der Waals surface area contributed by atoms with Gasteiger partial charge in [0, 0.05) is 12.2 Å². The monoisotopic (exact) mass is 354 g/mol. The Morgan fingerprint density at radius 2 is 2.08 bits per heavy atom. The highest BCUT2D eigenvalue weighted by atomic mass is 35.5. The molecule has 128 valence electrons. The van der Waals surface area contributed by atoms with Crippen LogP contribution in [0, 0.1) is 0 Å². The molecule has 25 heavy (non-hydrogen) atoms. The molecule has 0 aliphatic carbocycles. The van der Waals surface area contributed by atoms with Gasteiger partial charge in [-0.2, -0.15) is 0 Å². The SMILES string of the molecule is O=C(OCc1ccccc1)N1C2C=C(c3ccnc(Cl)c3)CC1CC2. The van der Waals surface area contributed by atoms with Crippen molar-refractivity contribution in [3.63, 3.8) is 0 Å². The minimum Gasteiger partial charge on any atom is -0.445 e. The van der Waals surface area contributed by atoms with Gasteiger partial charge in [0.2, 0.25) is 0 Å². The van der Waals surface area contributed by atoms with Crippen LogP contribution in [0.25, 0.3) is 5.57 Å². The van der Waals surface area contributed by atoms with E-state index in [1.807, 2.05) is 47.4 Å². The molecule has 1 saturated heterocycles. The van der Waals surface area contributed by atoms with Crippen LogP contribution in [0.1, 0.15) is 30.4 Å². The van der Waals surface area contributed by atoms with Crippen LogP contribution in [0.15, 0.2) is 54.7 Å². The molecule has 4 rings (SSSR count). The molecule has 0 spiro atoms. The average molecular weight is 355 g/mol. The number of hydrogen-bond acceptors (Lipinski definition) is 3. The molecule has 1 amide bonds. The van der Waals surface area contributed by atoms with E-state index in [1.54, 1.807) is 6.20 Å². The average Bonchev–Trinajstić information content (AvgIpc) is 2.90. The third-order valence-corrected chi connectivity index (χ3v) is 5.12. The van der Waals surface area contributed by atoms with Crippen LogP contribution in [-0.4, -0.2) is 28.1 Å². The molecule has 2 bridgehead atoms. The Morgan fingerprint density at radius 1 is 1.24 bits per heavy atom. The first-order chi connectivity index (χ1) is 12.2. The summed E-state index contributed by atoms with van der Waals surface area (Å²) in [4.78, 5) is 18.5. The van der Waals surface area contributed by atoms with E-state index in [2.05, 4.69) is 11.1 Å². The summed E-state index contributed by atoms with van der Waals surface area (Å²) in [6.07, 6.45) is 6.49. The molecule has 2 atom stereocenters. The van der Waals surface area contributed by atoms with Crippen molar-refractivity contribution in [2.45, 2.75) is 38.0 Å². The Balaban J connectivity index is 1.47. The van der Waals surface area contributed by atoms with E-state index in [4.69, 9.17) is 16.3 Å². The fourth-order valence-electron chi connectivity index (χ4n) is 3.72. The molecule has 2 aliphatic heterocycles. The molecule has 4 nitrogen and oxygen atoms in total. The molecule has 2 unspecified atom stereocenters. The fourth-order valence-corrected chi connectivity index (χ4v) is 3.90. The summed E-state index contributed by atoms with van der Waals surface area (Å²) in [5, 5.41) is 0.496. The van der Waals surface area contributed by atoms with Crippen LogP contribution in [0.2, 0.25) is 5.15 Å². The standard InChI is InChI=1S/C20H19ClN2O2/c21-19-12-15(8-9-22-19)16-10-17-6-7-18(11-16)23(17)20(24)25-13-14-4-2-1-3-5-14/h1-5,8-10,12,17-18H,6-7,11,13H2. The topological polar surface area (TPSA) is 42.4 Å². The van der Waals surface area contributed by atoms with Crippen LogP contribution < -0.4 is 0 Å². The number of rotatable bonds is 3. The summed E-state index contributed by atoms with van der Waals surface area (Å²) in [5.41, 5.74) is 3.33. The van der Waals surface area contributed by atoms with Crippen molar-refractivity contribution in [1.29, 1.82) is 0 Å². The minimum atomic E-state index is -0.223. The molecule has 1 fully saturated rings. The highest BCUT2D eigenvalue weighted by Gasteiger charge is 2.40. The molecular formula is C20H19ClN2O2. The molecule has 2 aromatic rings. The summed E-state index contributed by atoms with van der Waals surface area (Å²) in [7, 11) is 0. The first kappa shape index (κ1) is 16.2. The van der Waals surface area contributed by atoms with E-state index >= 15 is 0 Å². The van der Waals surface area contributed by atoms with Crippen LogP contribution >= 0.6 is 11.6 Å². The first-order valence-electron chi connectivity index (χ1n) is 8.52. The van der Waals surface area contributed by atoms with Gasteiger partial charge >= 0.3 is 6.09 Å². The van der Waals surface area contributed by atoms with Gasteiger partial charge in [0.05, 0.1) is 6.04 Å². The van der Waals surface area contributed by atoms with Gasteiger partial charge < -0.3 is 4.74 Å². The molecule has 0 N–H and O–H groups in total. The number of nitrogens with zero attached hydrogens (tertiary/aromatic N) is 2. The number of pyridine rings is 1. The number of benzene rings is 1. The third-order valence-electron chi connectivity index (χ3n) is 4.91. The van der Waals surface area contributed by atoms with E-state index in [9.17, 15) is 4.79 Å². The van der Waals surface area contributed by atoms with Crippen molar-refractivity contribution in [3.8, 4) is 0 Å². The van der Waals surface area contributed by atoms with Gasteiger partial charge in [-0.15, -0.1) is 0 Å². The molecular weight excluding hydrogens is 336 g/mol. The maximum Gasteiger partial charge on any atom is 0.410 e. The van der Waals surface area contributed by atoms with Crippen molar-refractivity contribution >= 4 is 23.3 Å². The van der Waals surface area contributed by atoms with Gasteiger partial charge in [0.15, 0.2) is 0 Å². The minimum absolute atomic E-state index is 0.101. The predicted molar refractivity (Wildman–Crippen MR) is 97.1 cm³/mol. The number of hydrogen-bond donors (Lipinski definition) is 0. The Labute approximate surface area is 152 Å². The largest absolute Gasteiger partial charge is 0.445 e. The number of carbonyl (C=O) groups is 1. The van der Waals surface area contributed by atoms with Gasteiger partial charge in [-0.05, 0) is 48.1 Å². The van der Waals surface area contributed by atoms with Gasteiger partial charge in [-0.1, -0.05) is 48.0 Å². The predicted octanol–water partition coefficient (Wildman–Crippen LogP) is 4.69. The molecule has 0 radical (unpaired) electrons. The number of ether oxygens (including phenoxy) is 1. The summed E-state index contributed by atoms with van der Waals surface area (Å²) in [6, 6.07) is 13.9. The maximum absolute atomic E-state index is 12.6. The number of halogens is 1. The second kappa shape index (κ2) is 6.89. The van der Waals surface area contributed by atoms with Gasteiger partial charge in [-0.25, -0.2) is 9.78 Å². The Morgan fingerprint density at radius 3 is 2.84 bits per heavy atom. The molecule has 5 heteroatoms. The lowest BCUT2D eigenvalue weighted by atomic mass is 9.96. The highest BCUT2D eigenvalue weighted by Crippen LogP contribution is 2.39. The molecule has 1 aromatic carbocycles. The fraction of sp³-hybridized carbons (Fsp3) is 0.300. The summed E-state index contributed by atoms with van der Waals surface area (Å²) >= 11 is 6.01. The van der Waals surface area contributed by atoms with Crippen molar-refractivity contribution in [2.24, 2.45) is 0 Å². The van der Waals surface area contributed by atoms with E-state index in [0.29, 0.717) is 11.8 Å². The Kier molecular flexibility index (Phi) is 4.45. The van der Waals surface area contributed by atoms with Gasteiger partial charge in [0.25, 0.3) is 0 Å². The van der Waals surface area contributed by atoms with Crippen LogP contribution in [0.3, 0.4) is 0 Å². The molecule has 1 aromatic heterocycles. The molecule has 3 heterocycles. The lowest BCUT2D eigenvalue weighted by Crippen LogP contribution is -2.43. The van der Waals surface area contributed by atoms with Gasteiger partial charge in [-0.3, -0.25) is 4.90 Å². The summed E-state index contributed by atoms with van der Waals surface area (Å²) in [6.45, 7) is 0.312. The zero-order valence-electron chi connectivity index (χ0n) is 13.8. The highest BCUT2D eigenvalue weighted by molar-refractivity contribution is 6.29. The second-order valence-electron chi connectivity index (χ2n) is 6.51. The Hall–Kier alpha value is -2.33. The van der Waals surface area contributed by atoms with E-state index in [-0.39, 0.29) is 18.2 Å². The zero-order valence-corrected chi connectivity index (χ0v) is 14.5. The van der Waals surface area contributed by atoms with Crippen LogP contribution in [0.5, 0.6) is 0 Å². The molecule has 0 saturated carbocycles. The summed E-state index contributed by atoms with van der Waals surface area (Å²) < 4.78 is 5.54. The smallest absolute Gasteiger partial charge is 0.410 e. The zero-order chi connectivity index (χ0) is 17.2. The summed E-state index contributed by atoms with van der Waals surface area (Å²) in [5.74, 6) is 0. The van der Waals surface area contributed by atoms with Crippen molar-refractivity contribution in [3.05, 3.63) is 71.0 Å². The van der Waals surface area contributed by atoms with Crippen LogP contribution in [0.4, 0.5) is 4.79 Å². The van der Waals surface area contributed by atoms with Crippen molar-refractivity contribution in [1.82, 2.24) is 9.88 Å². The first-order valence-corrected chi connectivity index (χ1v) is 8.90. The second-order valence-corrected chi connectivity index (χ2v) is 6.90. The normalized spacial score (nSPS) is 21.8. The van der Waals surface area contributed by atoms with Crippen LogP contribution in [-0.2, 0) is 11.3 Å². The lowest BCUT2D eigenvalue weighted by molar-refractivity contribution is 0.0832. The number of amides is 1. The number of fused-ring (bicyclic) bond motifs is 2.